The first kappa shape index (κ1) is 14.7. The summed E-state index contributed by atoms with van der Waals surface area (Å²) in [6.07, 6.45) is 0. The van der Waals surface area contributed by atoms with Crippen LogP contribution in [0.2, 0.25) is 0 Å². The zero-order chi connectivity index (χ0) is 14.9. The number of hydrogen-bond donors (Lipinski definition) is 1. The molecule has 0 spiro atoms. The van der Waals surface area contributed by atoms with Crippen molar-refractivity contribution in [3.8, 4) is 0 Å². The van der Waals surface area contributed by atoms with Crippen molar-refractivity contribution in [2.75, 3.05) is 0 Å². The highest BCUT2D eigenvalue weighted by Crippen LogP contribution is 2.23. The Labute approximate surface area is 122 Å². The second-order valence-corrected chi connectivity index (χ2v) is 6.76. The molecule has 0 bridgehead atoms. The predicted molar refractivity (Wildman–Crippen MR) is 71.0 cm³/mol. The Morgan fingerprint density at radius 2 is 2.10 bits per heavy atom. The molecule has 20 heavy (non-hydrogen) atoms. The summed E-state index contributed by atoms with van der Waals surface area (Å²) >= 11 is 3.05. The van der Waals surface area contributed by atoms with E-state index in [2.05, 4.69) is 26.1 Å². The van der Waals surface area contributed by atoms with Gasteiger partial charge in [0.25, 0.3) is 0 Å². The number of rotatable bonds is 4. The first-order chi connectivity index (χ1) is 9.29. The van der Waals surface area contributed by atoms with E-state index in [4.69, 9.17) is 9.52 Å². The molecule has 9 heteroatoms. The molecule has 0 aliphatic rings. The van der Waals surface area contributed by atoms with Crippen LogP contribution in [0.1, 0.15) is 22.1 Å². The molecule has 0 amide bonds. The number of hydrogen-bond acceptors (Lipinski definition) is 6. The molecule has 0 radical (unpaired) electrons. The standard InChI is InChI=1S/C11H9BrN2O5S/c1-6-13-14-10(19-6)5-20(17,18)7-2-3-9(12)8(4-7)11(15)16/h2-4H,5H2,1H3,(H,15,16). The van der Waals surface area contributed by atoms with Crippen LogP contribution < -0.4 is 0 Å². The minimum atomic E-state index is -3.75. The van der Waals surface area contributed by atoms with Gasteiger partial charge < -0.3 is 9.52 Å². The van der Waals surface area contributed by atoms with E-state index in [0.29, 0.717) is 4.47 Å². The van der Waals surface area contributed by atoms with Crippen molar-refractivity contribution in [1.82, 2.24) is 10.2 Å². The third-order valence-corrected chi connectivity index (χ3v) is 4.70. The summed E-state index contributed by atoms with van der Waals surface area (Å²) in [4.78, 5) is 10.9. The van der Waals surface area contributed by atoms with Crippen molar-refractivity contribution in [3.63, 3.8) is 0 Å². The molecule has 0 aliphatic heterocycles. The van der Waals surface area contributed by atoms with Gasteiger partial charge in [-0.1, -0.05) is 0 Å². The molecular formula is C11H9BrN2O5S. The molecule has 1 heterocycles. The molecule has 2 rings (SSSR count). The second kappa shape index (κ2) is 5.33. The lowest BCUT2D eigenvalue weighted by Crippen LogP contribution is -2.07. The van der Waals surface area contributed by atoms with E-state index in [0.717, 1.165) is 6.07 Å². The SMILES string of the molecule is Cc1nnc(CS(=O)(=O)c2ccc(Br)c(C(=O)O)c2)o1. The predicted octanol–water partition coefficient (Wildman–Crippen LogP) is 1.81. The molecule has 0 saturated heterocycles. The number of carbonyl (C=O) groups is 1. The van der Waals surface area contributed by atoms with E-state index >= 15 is 0 Å². The Kier molecular flexibility index (Phi) is 3.91. The number of carboxylic acid groups (broad SMARTS) is 1. The highest BCUT2D eigenvalue weighted by atomic mass is 79.9. The molecule has 0 saturated carbocycles. The van der Waals surface area contributed by atoms with E-state index in [1.54, 1.807) is 6.92 Å². The summed E-state index contributed by atoms with van der Waals surface area (Å²) in [6.45, 7) is 1.55. The number of halogens is 1. The molecule has 1 aromatic carbocycles. The molecule has 0 aliphatic carbocycles. The van der Waals surface area contributed by atoms with Gasteiger partial charge in [-0.3, -0.25) is 0 Å². The molecule has 2 aromatic rings. The fourth-order valence-corrected chi connectivity index (χ4v) is 3.10. The summed E-state index contributed by atoms with van der Waals surface area (Å²) in [5.74, 6) is -1.48. The van der Waals surface area contributed by atoms with Crippen molar-refractivity contribution in [3.05, 3.63) is 40.0 Å². The lowest BCUT2D eigenvalue weighted by molar-refractivity contribution is 0.0695. The highest BCUT2D eigenvalue weighted by molar-refractivity contribution is 9.10. The minimum Gasteiger partial charge on any atom is -0.478 e. The Bertz CT molecular complexity index is 769. The number of aryl methyl sites for hydroxylation is 1. The van der Waals surface area contributed by atoms with Gasteiger partial charge in [0.15, 0.2) is 9.84 Å². The number of aromatic nitrogens is 2. The molecule has 1 N–H and O–H groups in total. The average Bonchev–Trinajstić information content (AvgIpc) is 2.73. The van der Waals surface area contributed by atoms with E-state index in [9.17, 15) is 13.2 Å². The summed E-state index contributed by atoms with van der Waals surface area (Å²) in [5, 5.41) is 16.1. The Hall–Kier alpha value is -1.74. The third kappa shape index (κ3) is 3.05. The van der Waals surface area contributed by atoms with Gasteiger partial charge >= 0.3 is 5.97 Å². The van der Waals surface area contributed by atoms with E-state index in [1.165, 1.54) is 12.1 Å². The lowest BCUT2D eigenvalue weighted by Gasteiger charge is -2.04. The zero-order valence-electron chi connectivity index (χ0n) is 10.2. The molecule has 1 aromatic heterocycles. The topological polar surface area (TPSA) is 110 Å². The zero-order valence-corrected chi connectivity index (χ0v) is 12.6. The van der Waals surface area contributed by atoms with Crippen molar-refractivity contribution < 1.29 is 22.7 Å². The van der Waals surface area contributed by atoms with Gasteiger partial charge in [0.1, 0.15) is 5.75 Å². The maximum absolute atomic E-state index is 12.2. The van der Waals surface area contributed by atoms with Crippen molar-refractivity contribution in [2.24, 2.45) is 0 Å². The Balaban J connectivity index is 2.39. The van der Waals surface area contributed by atoms with Crippen LogP contribution in [-0.4, -0.2) is 29.7 Å². The summed E-state index contributed by atoms with van der Waals surface area (Å²) in [7, 11) is -3.75. The smallest absolute Gasteiger partial charge is 0.336 e. The third-order valence-electron chi connectivity index (χ3n) is 2.41. The number of carboxylic acids is 1. The summed E-state index contributed by atoms with van der Waals surface area (Å²) < 4.78 is 29.6. The van der Waals surface area contributed by atoms with Crippen LogP contribution >= 0.6 is 15.9 Å². The quantitative estimate of drug-likeness (QED) is 0.884. The largest absolute Gasteiger partial charge is 0.478 e. The van der Waals surface area contributed by atoms with Crippen LogP contribution in [-0.2, 0) is 15.6 Å². The van der Waals surface area contributed by atoms with Crippen LogP contribution in [0.15, 0.2) is 32.0 Å². The minimum absolute atomic E-state index is 0.0395. The fraction of sp³-hybridized carbons (Fsp3) is 0.182. The van der Waals surface area contributed by atoms with Gasteiger partial charge in [0.2, 0.25) is 11.8 Å². The molecule has 0 unspecified atom stereocenters. The van der Waals surface area contributed by atoms with Crippen LogP contribution in [0.25, 0.3) is 0 Å². The van der Waals surface area contributed by atoms with Gasteiger partial charge in [-0.2, -0.15) is 0 Å². The molecule has 0 fully saturated rings. The van der Waals surface area contributed by atoms with Crippen molar-refractivity contribution >= 4 is 31.7 Å². The van der Waals surface area contributed by atoms with Gasteiger partial charge in [0, 0.05) is 11.4 Å². The number of aromatic carboxylic acids is 1. The fourth-order valence-electron chi connectivity index (χ4n) is 1.50. The van der Waals surface area contributed by atoms with Crippen molar-refractivity contribution in [2.45, 2.75) is 17.6 Å². The van der Waals surface area contributed by atoms with Gasteiger partial charge in [0.05, 0.1) is 10.5 Å². The maximum atomic E-state index is 12.2. The van der Waals surface area contributed by atoms with Gasteiger partial charge in [-0.15, -0.1) is 10.2 Å². The van der Waals surface area contributed by atoms with Crippen molar-refractivity contribution in [1.29, 1.82) is 0 Å². The molecule has 0 atom stereocenters. The van der Waals surface area contributed by atoms with E-state index < -0.39 is 21.6 Å². The highest BCUT2D eigenvalue weighted by Gasteiger charge is 2.21. The van der Waals surface area contributed by atoms with E-state index in [1.807, 2.05) is 0 Å². The monoisotopic (exact) mass is 360 g/mol. The van der Waals surface area contributed by atoms with Gasteiger partial charge in [-0.05, 0) is 34.1 Å². The molecule has 106 valence electrons. The van der Waals surface area contributed by atoms with Crippen LogP contribution in [0.3, 0.4) is 0 Å². The molecular weight excluding hydrogens is 352 g/mol. The summed E-state index contributed by atoms with van der Waals surface area (Å²) in [6, 6.07) is 3.77. The normalized spacial score (nSPS) is 11.5. The lowest BCUT2D eigenvalue weighted by atomic mass is 10.2. The number of sulfone groups is 1. The van der Waals surface area contributed by atoms with Gasteiger partial charge in [-0.25, -0.2) is 13.2 Å². The molecule has 7 nitrogen and oxygen atoms in total. The maximum Gasteiger partial charge on any atom is 0.336 e. The Morgan fingerprint density at radius 1 is 1.40 bits per heavy atom. The van der Waals surface area contributed by atoms with Crippen LogP contribution in [0.4, 0.5) is 0 Å². The Morgan fingerprint density at radius 3 is 2.65 bits per heavy atom. The average molecular weight is 361 g/mol. The van der Waals surface area contributed by atoms with E-state index in [-0.39, 0.29) is 22.2 Å². The number of benzene rings is 1. The first-order valence-corrected chi connectivity index (χ1v) is 7.79. The first-order valence-electron chi connectivity index (χ1n) is 5.34. The summed E-state index contributed by atoms with van der Waals surface area (Å²) in [5.41, 5.74) is -0.132. The second-order valence-electron chi connectivity index (χ2n) is 3.92. The number of nitrogens with zero attached hydrogens (tertiary/aromatic N) is 2. The van der Waals surface area contributed by atoms with Crippen LogP contribution in [0, 0.1) is 6.92 Å². The van der Waals surface area contributed by atoms with Crippen LogP contribution in [0.5, 0.6) is 0 Å².